The third-order valence-corrected chi connectivity index (χ3v) is 7.83. The van der Waals surface area contributed by atoms with Crippen LogP contribution in [0.3, 0.4) is 0 Å². The van der Waals surface area contributed by atoms with Crippen LogP contribution in [0.4, 0.5) is 37.7 Å². The lowest BCUT2D eigenvalue weighted by Crippen LogP contribution is -2.31. The second kappa shape index (κ2) is 12.1. The number of halogens is 6. The lowest BCUT2D eigenvalue weighted by Gasteiger charge is -2.25. The predicted molar refractivity (Wildman–Crippen MR) is 153 cm³/mol. The minimum atomic E-state index is -4.74. The van der Waals surface area contributed by atoms with E-state index in [4.69, 9.17) is 28.4 Å². The van der Waals surface area contributed by atoms with E-state index in [9.17, 15) is 26.3 Å². The fraction of sp³-hybridized carbons (Fsp3) is 0.438. The molecule has 14 heteroatoms. The molecular formula is C32H30F6N2O6. The molecule has 3 aromatic rings. The monoisotopic (exact) mass is 652 g/mol. The number of benzene rings is 3. The van der Waals surface area contributed by atoms with Crippen LogP contribution < -0.4 is 19.3 Å². The summed E-state index contributed by atoms with van der Waals surface area (Å²) in [4.78, 5) is 3.59. The molecule has 4 heterocycles. The van der Waals surface area contributed by atoms with E-state index in [-0.39, 0.29) is 35.9 Å². The summed E-state index contributed by atoms with van der Waals surface area (Å²) < 4.78 is 118. The highest BCUT2D eigenvalue weighted by atomic mass is 19.4. The molecule has 7 rings (SSSR count). The Labute approximate surface area is 260 Å². The van der Waals surface area contributed by atoms with Gasteiger partial charge in [-0.1, -0.05) is 6.07 Å². The standard InChI is InChI=1S/C32H30F6N2O6/c33-31(34,35)27-8-19(39(11-23-15-41-23)12-24-16-42-24)4-6-29(27)45-21-2-1-3-22(10-21)46-30-7-5-20(9-28(30)32(36,37)38)40(13-25-17-43-25)14-26-18-44-26/h1-10,23-26H,11-18H2. The summed E-state index contributed by atoms with van der Waals surface area (Å²) in [5.74, 6) is -1.01. The zero-order valence-corrected chi connectivity index (χ0v) is 24.4. The lowest BCUT2D eigenvalue weighted by molar-refractivity contribution is -0.139. The maximum Gasteiger partial charge on any atom is 0.420 e. The summed E-state index contributed by atoms with van der Waals surface area (Å²) >= 11 is 0. The molecule has 0 amide bonds. The first kappa shape index (κ1) is 30.9. The fourth-order valence-electron chi connectivity index (χ4n) is 5.15. The van der Waals surface area contributed by atoms with Gasteiger partial charge in [0, 0.05) is 43.6 Å². The molecule has 0 aromatic heterocycles. The molecule has 4 saturated heterocycles. The van der Waals surface area contributed by atoms with Gasteiger partial charge in [-0.2, -0.15) is 26.3 Å². The summed E-state index contributed by atoms with van der Waals surface area (Å²) in [6.07, 6.45) is -9.68. The number of ether oxygens (including phenoxy) is 6. The van der Waals surface area contributed by atoms with Crippen molar-refractivity contribution in [1.82, 2.24) is 0 Å². The average Bonchev–Trinajstić information content (AvgIpc) is 3.81. The summed E-state index contributed by atoms with van der Waals surface area (Å²) in [5.41, 5.74) is -1.30. The van der Waals surface area contributed by atoms with Crippen LogP contribution in [0.15, 0.2) is 60.7 Å². The summed E-state index contributed by atoms with van der Waals surface area (Å²) in [5, 5.41) is 0. The Kier molecular flexibility index (Phi) is 8.16. The van der Waals surface area contributed by atoms with E-state index in [0.29, 0.717) is 64.0 Å². The Morgan fingerprint density at radius 1 is 0.543 bits per heavy atom. The molecule has 0 aliphatic carbocycles. The van der Waals surface area contributed by atoms with Gasteiger partial charge < -0.3 is 38.2 Å². The normalized spacial score (nSPS) is 23.1. The van der Waals surface area contributed by atoms with Crippen LogP contribution in [0.2, 0.25) is 0 Å². The fourth-order valence-corrected chi connectivity index (χ4v) is 5.15. The molecule has 0 saturated carbocycles. The van der Waals surface area contributed by atoms with E-state index in [1.165, 1.54) is 48.5 Å². The molecule has 246 valence electrons. The molecule has 4 atom stereocenters. The van der Waals surface area contributed by atoms with Crippen LogP contribution in [-0.2, 0) is 31.3 Å². The van der Waals surface area contributed by atoms with Crippen LogP contribution in [0, 0.1) is 0 Å². The Morgan fingerprint density at radius 3 is 1.20 bits per heavy atom. The Morgan fingerprint density at radius 2 is 0.891 bits per heavy atom. The molecule has 0 N–H and O–H groups in total. The smallest absolute Gasteiger partial charge is 0.420 e. The van der Waals surface area contributed by atoms with Crippen molar-refractivity contribution in [3.8, 4) is 23.0 Å². The van der Waals surface area contributed by atoms with E-state index in [1.807, 2.05) is 0 Å². The largest absolute Gasteiger partial charge is 0.457 e. The van der Waals surface area contributed by atoms with Crippen LogP contribution >= 0.6 is 0 Å². The molecule has 0 radical (unpaired) electrons. The van der Waals surface area contributed by atoms with Gasteiger partial charge in [-0.3, -0.25) is 0 Å². The molecule has 4 aliphatic heterocycles. The topological polar surface area (TPSA) is 75.1 Å². The van der Waals surface area contributed by atoms with Crippen molar-refractivity contribution in [1.29, 1.82) is 0 Å². The van der Waals surface area contributed by atoms with Gasteiger partial charge in [0.25, 0.3) is 0 Å². The minimum Gasteiger partial charge on any atom is -0.457 e. The van der Waals surface area contributed by atoms with Crippen molar-refractivity contribution < 1.29 is 54.8 Å². The van der Waals surface area contributed by atoms with E-state index in [1.54, 1.807) is 9.80 Å². The van der Waals surface area contributed by atoms with Gasteiger partial charge in [0.15, 0.2) is 0 Å². The van der Waals surface area contributed by atoms with Gasteiger partial charge in [0.1, 0.15) is 34.1 Å². The highest BCUT2D eigenvalue weighted by Crippen LogP contribution is 2.43. The molecule has 3 aromatic carbocycles. The zero-order chi connectivity index (χ0) is 32.1. The summed E-state index contributed by atoms with van der Waals surface area (Å²) in [6.45, 7) is 3.91. The first-order valence-electron chi connectivity index (χ1n) is 14.8. The maximum absolute atomic E-state index is 14.2. The molecular weight excluding hydrogens is 622 g/mol. The molecule has 4 fully saturated rings. The second-order valence-electron chi connectivity index (χ2n) is 11.7. The predicted octanol–water partition coefficient (Wildman–Crippen LogP) is 6.52. The lowest BCUT2D eigenvalue weighted by atomic mass is 10.1. The van der Waals surface area contributed by atoms with Crippen LogP contribution in [0.5, 0.6) is 23.0 Å². The van der Waals surface area contributed by atoms with E-state index in [0.717, 1.165) is 12.1 Å². The molecule has 0 spiro atoms. The SMILES string of the molecule is FC(F)(F)c1cc(N(CC2CO2)CC2CO2)ccc1Oc1cccc(Oc2ccc(N(CC3CO3)CC3CO3)cc2C(F)(F)F)c1. The number of hydrogen-bond donors (Lipinski definition) is 0. The number of rotatable bonds is 14. The second-order valence-corrected chi connectivity index (χ2v) is 11.7. The van der Waals surface area contributed by atoms with Crippen LogP contribution in [0.25, 0.3) is 0 Å². The maximum atomic E-state index is 14.2. The zero-order valence-electron chi connectivity index (χ0n) is 24.4. The first-order chi connectivity index (χ1) is 22.0. The Balaban J connectivity index is 1.11. The quantitative estimate of drug-likeness (QED) is 0.144. The Bertz CT molecular complexity index is 1410. The third kappa shape index (κ3) is 7.97. The highest BCUT2D eigenvalue weighted by molar-refractivity contribution is 5.57. The van der Waals surface area contributed by atoms with Crippen LogP contribution in [0.1, 0.15) is 11.1 Å². The van der Waals surface area contributed by atoms with Crippen molar-refractivity contribution >= 4 is 11.4 Å². The van der Waals surface area contributed by atoms with Gasteiger partial charge in [0.2, 0.25) is 0 Å². The molecule has 4 unspecified atom stereocenters. The van der Waals surface area contributed by atoms with E-state index >= 15 is 0 Å². The van der Waals surface area contributed by atoms with Crippen molar-refractivity contribution in [2.75, 3.05) is 62.4 Å². The van der Waals surface area contributed by atoms with Gasteiger partial charge in [0.05, 0.1) is 50.8 Å². The number of alkyl halides is 6. The average molecular weight is 653 g/mol. The molecule has 46 heavy (non-hydrogen) atoms. The molecule has 0 bridgehead atoms. The van der Waals surface area contributed by atoms with Crippen molar-refractivity contribution in [3.05, 3.63) is 71.8 Å². The first-order valence-corrected chi connectivity index (χ1v) is 14.8. The summed E-state index contributed by atoms with van der Waals surface area (Å²) in [7, 11) is 0. The number of nitrogens with zero attached hydrogens (tertiary/aromatic N) is 2. The van der Waals surface area contributed by atoms with E-state index < -0.39 is 35.0 Å². The molecule has 8 nitrogen and oxygen atoms in total. The van der Waals surface area contributed by atoms with Crippen molar-refractivity contribution in [3.63, 3.8) is 0 Å². The van der Waals surface area contributed by atoms with Crippen LogP contribution in [-0.4, -0.2) is 77.0 Å². The number of anilines is 2. The van der Waals surface area contributed by atoms with Gasteiger partial charge >= 0.3 is 12.4 Å². The van der Waals surface area contributed by atoms with E-state index in [2.05, 4.69) is 0 Å². The van der Waals surface area contributed by atoms with Gasteiger partial charge in [-0.05, 0) is 48.5 Å². The highest BCUT2D eigenvalue weighted by Gasteiger charge is 2.38. The van der Waals surface area contributed by atoms with Crippen molar-refractivity contribution in [2.45, 2.75) is 36.8 Å². The van der Waals surface area contributed by atoms with Gasteiger partial charge in [-0.15, -0.1) is 0 Å². The van der Waals surface area contributed by atoms with Gasteiger partial charge in [-0.25, -0.2) is 0 Å². The molecule has 4 aliphatic rings. The number of epoxide rings is 4. The number of hydrogen-bond acceptors (Lipinski definition) is 8. The summed E-state index contributed by atoms with van der Waals surface area (Å²) in [6, 6.07) is 13.0. The Hall–Kier alpha value is -3.72. The third-order valence-electron chi connectivity index (χ3n) is 7.83. The minimum absolute atomic E-state index is 0.0458. The van der Waals surface area contributed by atoms with Crippen molar-refractivity contribution in [2.24, 2.45) is 0 Å².